The van der Waals surface area contributed by atoms with Gasteiger partial charge in [0.1, 0.15) is 0 Å². The molecule has 5 nitrogen and oxygen atoms in total. The average Bonchev–Trinajstić information content (AvgIpc) is 2.97. The fourth-order valence-corrected chi connectivity index (χ4v) is 3.37. The van der Waals surface area contributed by atoms with Gasteiger partial charge in [0.25, 0.3) is 5.91 Å². The van der Waals surface area contributed by atoms with Gasteiger partial charge >= 0.3 is 0 Å². The standard InChI is InChI=1S/C17H24Cl2N2O3/c1-20(5-6-24-2)8-13-9-21(10-14(13)11-22)17(23)12-3-4-15(18)16(19)7-12/h3-4,7,13-14,22H,5-6,8-11H2,1-2H3/t13-,14-/m1/s1. The Kier molecular flexibility index (Phi) is 7.32. The Morgan fingerprint density at radius 3 is 2.67 bits per heavy atom. The van der Waals surface area contributed by atoms with Crippen molar-refractivity contribution in [2.24, 2.45) is 11.8 Å². The van der Waals surface area contributed by atoms with E-state index in [0.29, 0.717) is 35.3 Å². The van der Waals surface area contributed by atoms with E-state index in [1.54, 1.807) is 30.2 Å². The first-order valence-corrected chi connectivity index (χ1v) is 8.74. The normalized spacial score (nSPS) is 20.8. The number of halogens is 2. The molecule has 1 N–H and O–H groups in total. The predicted molar refractivity (Wildman–Crippen MR) is 95.8 cm³/mol. The van der Waals surface area contributed by atoms with Crippen LogP contribution in [0, 0.1) is 11.8 Å². The number of aliphatic hydroxyl groups is 1. The number of carbonyl (C=O) groups excluding carboxylic acids is 1. The molecule has 1 aliphatic heterocycles. The van der Waals surface area contributed by atoms with Gasteiger partial charge in [-0.1, -0.05) is 23.2 Å². The summed E-state index contributed by atoms with van der Waals surface area (Å²) in [5.41, 5.74) is 0.523. The highest BCUT2D eigenvalue weighted by Crippen LogP contribution is 2.27. The number of amides is 1. The van der Waals surface area contributed by atoms with Crippen LogP contribution in [0.3, 0.4) is 0 Å². The number of benzene rings is 1. The highest BCUT2D eigenvalue weighted by atomic mass is 35.5. The zero-order valence-corrected chi connectivity index (χ0v) is 15.6. The van der Waals surface area contributed by atoms with Crippen LogP contribution in [0.25, 0.3) is 0 Å². The number of aliphatic hydroxyl groups excluding tert-OH is 1. The zero-order valence-electron chi connectivity index (χ0n) is 14.0. The van der Waals surface area contributed by atoms with E-state index in [4.69, 9.17) is 27.9 Å². The maximum absolute atomic E-state index is 12.7. The smallest absolute Gasteiger partial charge is 0.253 e. The van der Waals surface area contributed by atoms with Gasteiger partial charge in [-0.3, -0.25) is 4.79 Å². The fourth-order valence-electron chi connectivity index (χ4n) is 3.07. The molecule has 1 saturated heterocycles. The Bertz CT molecular complexity index is 571. The first-order chi connectivity index (χ1) is 11.5. The third-order valence-corrected chi connectivity index (χ3v) is 5.23. The number of nitrogens with zero attached hydrogens (tertiary/aromatic N) is 2. The second-order valence-corrected chi connectivity index (χ2v) is 7.11. The molecule has 0 saturated carbocycles. The highest BCUT2D eigenvalue weighted by molar-refractivity contribution is 6.42. The number of ether oxygens (including phenoxy) is 1. The van der Waals surface area contributed by atoms with Crippen LogP contribution in [0.4, 0.5) is 0 Å². The van der Waals surface area contributed by atoms with Crippen LogP contribution in [0.1, 0.15) is 10.4 Å². The molecule has 0 aliphatic carbocycles. The van der Waals surface area contributed by atoms with E-state index in [2.05, 4.69) is 4.90 Å². The Hall–Kier alpha value is -0.850. The number of rotatable bonds is 7. The number of methoxy groups -OCH3 is 1. The quantitative estimate of drug-likeness (QED) is 0.795. The van der Waals surface area contributed by atoms with Gasteiger partial charge in [0.15, 0.2) is 0 Å². The lowest BCUT2D eigenvalue weighted by Crippen LogP contribution is -2.33. The van der Waals surface area contributed by atoms with E-state index in [0.717, 1.165) is 13.1 Å². The lowest BCUT2D eigenvalue weighted by atomic mass is 9.96. The van der Waals surface area contributed by atoms with E-state index < -0.39 is 0 Å². The SMILES string of the molecule is COCCN(C)C[C@@H]1CN(C(=O)c2ccc(Cl)c(Cl)c2)C[C@@H]1CO. The molecule has 1 aliphatic rings. The van der Waals surface area contributed by atoms with Crippen LogP contribution in [0.2, 0.25) is 10.0 Å². The van der Waals surface area contributed by atoms with E-state index in [9.17, 15) is 9.90 Å². The fraction of sp³-hybridized carbons (Fsp3) is 0.588. The van der Waals surface area contributed by atoms with Crippen molar-refractivity contribution in [1.82, 2.24) is 9.80 Å². The van der Waals surface area contributed by atoms with Gasteiger partial charge < -0.3 is 19.6 Å². The van der Waals surface area contributed by atoms with E-state index in [1.807, 2.05) is 7.05 Å². The minimum absolute atomic E-state index is 0.0749. The first-order valence-electron chi connectivity index (χ1n) is 7.99. The summed E-state index contributed by atoms with van der Waals surface area (Å²) in [7, 11) is 3.70. The number of likely N-dealkylation sites (N-methyl/N-ethyl adjacent to an activating group) is 1. The average molecular weight is 375 g/mol. The van der Waals surface area contributed by atoms with Crippen LogP contribution in [0.15, 0.2) is 18.2 Å². The molecule has 1 aromatic carbocycles. The van der Waals surface area contributed by atoms with Crippen molar-refractivity contribution in [3.63, 3.8) is 0 Å². The van der Waals surface area contributed by atoms with Gasteiger partial charge in [-0.25, -0.2) is 0 Å². The van der Waals surface area contributed by atoms with Crippen molar-refractivity contribution in [1.29, 1.82) is 0 Å². The molecule has 2 rings (SSSR count). The van der Waals surface area contributed by atoms with Crippen LogP contribution in [0.5, 0.6) is 0 Å². The molecule has 0 aromatic heterocycles. The Labute approximate surface area is 153 Å². The molecule has 1 heterocycles. The first kappa shape index (κ1) is 19.5. The monoisotopic (exact) mass is 374 g/mol. The van der Waals surface area contributed by atoms with Crippen LogP contribution < -0.4 is 0 Å². The lowest BCUT2D eigenvalue weighted by molar-refractivity contribution is 0.0778. The van der Waals surface area contributed by atoms with Crippen molar-refractivity contribution >= 4 is 29.1 Å². The Balaban J connectivity index is 2.01. The number of carbonyl (C=O) groups is 1. The summed E-state index contributed by atoms with van der Waals surface area (Å²) in [5.74, 6) is 0.249. The molecule has 0 unspecified atom stereocenters. The molecule has 0 radical (unpaired) electrons. The summed E-state index contributed by atoms with van der Waals surface area (Å²) in [6.45, 7) is 3.57. The minimum atomic E-state index is -0.0749. The number of likely N-dealkylation sites (tertiary alicyclic amines) is 1. The molecule has 24 heavy (non-hydrogen) atoms. The molecule has 1 aromatic rings. The summed E-state index contributed by atoms with van der Waals surface area (Å²) in [6.07, 6.45) is 0. The van der Waals surface area contributed by atoms with Crippen molar-refractivity contribution in [2.45, 2.75) is 0 Å². The summed E-state index contributed by atoms with van der Waals surface area (Å²) >= 11 is 11.9. The molecule has 1 amide bonds. The molecule has 134 valence electrons. The summed E-state index contributed by atoms with van der Waals surface area (Å²) in [6, 6.07) is 4.91. The molecule has 1 fully saturated rings. The second kappa shape index (κ2) is 9.02. The molecular formula is C17H24Cl2N2O3. The highest BCUT2D eigenvalue weighted by Gasteiger charge is 2.35. The Morgan fingerprint density at radius 1 is 1.33 bits per heavy atom. The van der Waals surface area contributed by atoms with E-state index in [1.165, 1.54) is 0 Å². The second-order valence-electron chi connectivity index (χ2n) is 6.30. The molecule has 0 spiro atoms. The van der Waals surface area contributed by atoms with Gasteiger partial charge in [-0.2, -0.15) is 0 Å². The summed E-state index contributed by atoms with van der Waals surface area (Å²) in [4.78, 5) is 16.6. The van der Waals surface area contributed by atoms with Crippen molar-refractivity contribution in [2.75, 3.05) is 53.6 Å². The molecular weight excluding hydrogens is 351 g/mol. The van der Waals surface area contributed by atoms with Gasteiger partial charge in [0, 0.05) is 51.4 Å². The Morgan fingerprint density at radius 2 is 2.04 bits per heavy atom. The van der Waals surface area contributed by atoms with Gasteiger partial charge in [0.05, 0.1) is 16.7 Å². The topological polar surface area (TPSA) is 53.0 Å². The van der Waals surface area contributed by atoms with Crippen molar-refractivity contribution < 1.29 is 14.6 Å². The largest absolute Gasteiger partial charge is 0.396 e. The molecule has 2 atom stereocenters. The molecule has 0 bridgehead atoms. The minimum Gasteiger partial charge on any atom is -0.396 e. The third-order valence-electron chi connectivity index (χ3n) is 4.49. The van der Waals surface area contributed by atoms with E-state index >= 15 is 0 Å². The van der Waals surface area contributed by atoms with Crippen LogP contribution in [-0.4, -0.2) is 74.4 Å². The maximum atomic E-state index is 12.7. The summed E-state index contributed by atoms with van der Waals surface area (Å²) < 4.78 is 5.09. The maximum Gasteiger partial charge on any atom is 0.253 e. The summed E-state index contributed by atoms with van der Waals surface area (Å²) in [5, 5.41) is 10.5. The van der Waals surface area contributed by atoms with Crippen molar-refractivity contribution in [3.05, 3.63) is 33.8 Å². The lowest BCUT2D eigenvalue weighted by Gasteiger charge is -2.23. The van der Waals surface area contributed by atoms with Crippen molar-refractivity contribution in [3.8, 4) is 0 Å². The number of hydrogen-bond donors (Lipinski definition) is 1. The van der Waals surface area contributed by atoms with Crippen LogP contribution in [-0.2, 0) is 4.74 Å². The van der Waals surface area contributed by atoms with Crippen LogP contribution >= 0.6 is 23.2 Å². The number of hydrogen-bond acceptors (Lipinski definition) is 4. The molecule has 7 heteroatoms. The zero-order chi connectivity index (χ0) is 17.7. The van der Waals surface area contributed by atoms with Gasteiger partial charge in [-0.05, 0) is 31.2 Å². The predicted octanol–water partition coefficient (Wildman–Crippen LogP) is 2.25. The third kappa shape index (κ3) is 4.83. The van der Waals surface area contributed by atoms with Gasteiger partial charge in [0.2, 0.25) is 0 Å². The van der Waals surface area contributed by atoms with E-state index in [-0.39, 0.29) is 24.3 Å². The van der Waals surface area contributed by atoms with Gasteiger partial charge in [-0.15, -0.1) is 0 Å².